The highest BCUT2D eigenvalue weighted by molar-refractivity contribution is 5.93. The molecule has 9 nitrogen and oxygen atoms in total. The van der Waals surface area contributed by atoms with Gasteiger partial charge in [-0.15, -0.1) is 0 Å². The lowest BCUT2D eigenvalue weighted by molar-refractivity contribution is -0.151. The Morgan fingerprint density at radius 3 is 2.47 bits per heavy atom. The molecule has 38 heavy (non-hydrogen) atoms. The van der Waals surface area contributed by atoms with Crippen molar-refractivity contribution in [2.75, 3.05) is 7.11 Å². The number of ether oxygens (including phenoxy) is 3. The van der Waals surface area contributed by atoms with E-state index in [2.05, 4.69) is 5.32 Å². The van der Waals surface area contributed by atoms with Crippen LogP contribution in [-0.4, -0.2) is 58.5 Å². The van der Waals surface area contributed by atoms with Gasteiger partial charge in [0, 0.05) is 12.0 Å². The molecule has 2 aliphatic heterocycles. The lowest BCUT2D eigenvalue weighted by Gasteiger charge is -2.45. The van der Waals surface area contributed by atoms with E-state index in [0.717, 1.165) is 23.5 Å². The summed E-state index contributed by atoms with van der Waals surface area (Å²) < 4.78 is 16.2. The summed E-state index contributed by atoms with van der Waals surface area (Å²) in [7, 11) is 1.59. The monoisotopic (exact) mass is 525 g/mol. The van der Waals surface area contributed by atoms with Gasteiger partial charge in [-0.2, -0.15) is 0 Å². The molecule has 7 atom stereocenters. The van der Waals surface area contributed by atoms with Gasteiger partial charge in [0.2, 0.25) is 5.60 Å². The van der Waals surface area contributed by atoms with Gasteiger partial charge in [0.05, 0.1) is 31.3 Å². The molecule has 1 fully saturated rings. The topological polar surface area (TPSA) is 131 Å². The van der Waals surface area contributed by atoms with Crippen LogP contribution >= 0.6 is 0 Å². The third-order valence-corrected chi connectivity index (χ3v) is 8.11. The standard InChI is InChI=1S/C29H35NO8/c1-16-7-6-8-21-24(31)18(3)17(2)23-22(15-19-9-11-20(36-5)12-10-19)30-26(33)29(21,23)38-27(34)37-14-13-28(4,35)25(16)32/h6,8-14,16,21-24,31,35H,7,15H2,1-5H3,(H,30,33)/b8-6-,14-13-/t16-,21-,22-,23-,24+,28+,29+/m1/s1. The Morgan fingerprint density at radius 2 is 1.82 bits per heavy atom. The van der Waals surface area contributed by atoms with Crippen molar-refractivity contribution in [2.24, 2.45) is 17.8 Å². The van der Waals surface area contributed by atoms with Gasteiger partial charge < -0.3 is 29.7 Å². The minimum absolute atomic E-state index is 0.250. The van der Waals surface area contributed by atoms with Crippen LogP contribution in [0.25, 0.3) is 0 Å². The van der Waals surface area contributed by atoms with Gasteiger partial charge in [0.15, 0.2) is 5.78 Å². The molecule has 0 radical (unpaired) electrons. The lowest BCUT2D eigenvalue weighted by Crippen LogP contribution is -2.59. The van der Waals surface area contributed by atoms with Crippen LogP contribution in [0.5, 0.6) is 5.75 Å². The number of benzene rings is 1. The average molecular weight is 526 g/mol. The minimum Gasteiger partial charge on any atom is -0.497 e. The van der Waals surface area contributed by atoms with E-state index in [1.165, 1.54) is 6.92 Å². The first-order chi connectivity index (χ1) is 17.9. The second kappa shape index (κ2) is 10.4. The van der Waals surface area contributed by atoms with Gasteiger partial charge in [0.1, 0.15) is 11.4 Å². The summed E-state index contributed by atoms with van der Waals surface area (Å²) in [4.78, 5) is 39.4. The first-order valence-corrected chi connectivity index (χ1v) is 12.7. The van der Waals surface area contributed by atoms with Crippen LogP contribution in [0.3, 0.4) is 0 Å². The molecule has 9 heteroatoms. The molecular weight excluding hydrogens is 490 g/mol. The summed E-state index contributed by atoms with van der Waals surface area (Å²) in [5, 5.41) is 24.9. The van der Waals surface area contributed by atoms with Crippen LogP contribution in [0.15, 0.2) is 59.9 Å². The maximum Gasteiger partial charge on any atom is 0.514 e. The number of hydrogen-bond acceptors (Lipinski definition) is 8. The van der Waals surface area contributed by atoms with E-state index in [9.17, 15) is 24.6 Å². The zero-order chi connectivity index (χ0) is 27.8. The van der Waals surface area contributed by atoms with E-state index in [1.54, 1.807) is 33.1 Å². The van der Waals surface area contributed by atoms with E-state index < -0.39 is 58.9 Å². The largest absolute Gasteiger partial charge is 0.514 e. The van der Waals surface area contributed by atoms with Gasteiger partial charge in [-0.1, -0.05) is 36.8 Å². The number of hydrogen-bond donors (Lipinski definition) is 3. The van der Waals surface area contributed by atoms with E-state index in [-0.39, 0.29) is 6.42 Å². The number of Topliss-reactive ketones (excluding diaryl/α,β-unsaturated/α-hetero) is 1. The zero-order valence-corrected chi connectivity index (χ0v) is 22.3. The number of allylic oxidation sites excluding steroid dienone is 1. The SMILES string of the molecule is COc1ccc(C[C@H]2NC(=O)[C@]34OC(=O)O/C=C\[C@](C)(O)C(=O)[C@H](C)C/C=C\[C@@H]3[C@@H](O)C(C)=C(C)[C@H]24)cc1. The fourth-order valence-electron chi connectivity index (χ4n) is 5.88. The number of amides is 1. The molecule has 3 N–H and O–H groups in total. The predicted molar refractivity (Wildman–Crippen MR) is 138 cm³/mol. The molecule has 1 aliphatic carbocycles. The van der Waals surface area contributed by atoms with Crippen LogP contribution in [0.2, 0.25) is 0 Å². The molecule has 1 aromatic rings. The summed E-state index contributed by atoms with van der Waals surface area (Å²) >= 11 is 0. The number of nitrogens with one attached hydrogen (secondary N) is 1. The molecule has 1 saturated heterocycles. The van der Waals surface area contributed by atoms with Crippen molar-refractivity contribution in [3.05, 3.63) is 65.5 Å². The minimum atomic E-state index is -1.86. The van der Waals surface area contributed by atoms with Crippen LogP contribution in [-0.2, 0) is 25.5 Å². The highest BCUT2D eigenvalue weighted by atomic mass is 16.7. The van der Waals surface area contributed by atoms with Gasteiger partial charge in [0.25, 0.3) is 5.91 Å². The lowest BCUT2D eigenvalue weighted by atomic mass is 9.63. The molecule has 0 unspecified atom stereocenters. The van der Waals surface area contributed by atoms with Crippen LogP contribution in [0, 0.1) is 17.8 Å². The quantitative estimate of drug-likeness (QED) is 0.406. The van der Waals surface area contributed by atoms with Gasteiger partial charge in [-0.25, -0.2) is 4.79 Å². The van der Waals surface area contributed by atoms with Crippen molar-refractivity contribution in [3.63, 3.8) is 0 Å². The van der Waals surface area contributed by atoms with Crippen molar-refractivity contribution < 1.29 is 38.8 Å². The Kier molecular flexibility index (Phi) is 7.54. The third kappa shape index (κ3) is 4.76. The highest BCUT2D eigenvalue weighted by Gasteiger charge is 2.66. The van der Waals surface area contributed by atoms with Crippen molar-refractivity contribution >= 4 is 17.8 Å². The number of aliphatic hydroxyl groups is 2. The number of methoxy groups -OCH3 is 1. The molecule has 1 aromatic carbocycles. The normalized spacial score (nSPS) is 37.3. The van der Waals surface area contributed by atoms with Crippen LogP contribution in [0.1, 0.15) is 39.7 Å². The van der Waals surface area contributed by atoms with Crippen molar-refractivity contribution in [1.29, 1.82) is 0 Å². The average Bonchev–Trinajstić information content (AvgIpc) is 3.15. The van der Waals surface area contributed by atoms with Crippen molar-refractivity contribution in [1.82, 2.24) is 5.32 Å². The number of rotatable bonds is 3. The molecule has 2 heterocycles. The first kappa shape index (κ1) is 27.6. The predicted octanol–water partition coefficient (Wildman–Crippen LogP) is 3.00. The van der Waals surface area contributed by atoms with E-state index in [4.69, 9.17) is 14.2 Å². The second-order valence-corrected chi connectivity index (χ2v) is 10.6. The summed E-state index contributed by atoms with van der Waals surface area (Å²) in [5.41, 5.74) is -1.27. The van der Waals surface area contributed by atoms with E-state index in [0.29, 0.717) is 17.7 Å². The Hall–Kier alpha value is -3.43. The number of carbonyl (C=O) groups excluding carboxylic acids is 3. The van der Waals surface area contributed by atoms with Crippen molar-refractivity contribution in [2.45, 2.75) is 63.9 Å². The maximum absolute atomic E-state index is 13.8. The number of carbonyl (C=O) groups is 3. The number of aliphatic hydroxyl groups excluding tert-OH is 1. The Morgan fingerprint density at radius 1 is 1.13 bits per heavy atom. The molecule has 0 aromatic heterocycles. The molecule has 1 amide bonds. The smallest absolute Gasteiger partial charge is 0.497 e. The third-order valence-electron chi connectivity index (χ3n) is 8.11. The molecule has 3 aliphatic rings. The molecular formula is C29H35NO8. The summed E-state index contributed by atoms with van der Waals surface area (Å²) in [5.74, 6) is -2.39. The van der Waals surface area contributed by atoms with Crippen molar-refractivity contribution in [3.8, 4) is 5.75 Å². The zero-order valence-electron chi connectivity index (χ0n) is 22.3. The molecule has 0 bridgehead atoms. The van der Waals surface area contributed by atoms with Gasteiger partial charge >= 0.3 is 6.16 Å². The van der Waals surface area contributed by atoms with E-state index >= 15 is 0 Å². The molecule has 0 saturated carbocycles. The molecule has 1 spiro atoms. The second-order valence-electron chi connectivity index (χ2n) is 10.6. The van der Waals surface area contributed by atoms with Gasteiger partial charge in [-0.05, 0) is 63.0 Å². The fourth-order valence-corrected chi connectivity index (χ4v) is 5.88. The Bertz CT molecular complexity index is 1200. The van der Waals surface area contributed by atoms with Crippen LogP contribution in [0.4, 0.5) is 4.79 Å². The van der Waals surface area contributed by atoms with Crippen LogP contribution < -0.4 is 10.1 Å². The Labute approximate surface area is 222 Å². The summed E-state index contributed by atoms with van der Waals surface area (Å²) in [6.45, 7) is 6.62. The fraction of sp³-hybridized carbons (Fsp3) is 0.483. The number of ketones is 1. The molecule has 4 rings (SSSR count). The first-order valence-electron chi connectivity index (χ1n) is 12.7. The molecule has 204 valence electrons. The highest BCUT2D eigenvalue weighted by Crippen LogP contribution is 2.50. The number of cyclic esters (lactones) is 1. The summed E-state index contributed by atoms with van der Waals surface area (Å²) in [6, 6.07) is 7.05. The van der Waals surface area contributed by atoms with E-state index in [1.807, 2.05) is 31.2 Å². The maximum atomic E-state index is 13.8. The summed E-state index contributed by atoms with van der Waals surface area (Å²) in [6.07, 6.45) is 3.71. The Balaban J connectivity index is 1.79. The van der Waals surface area contributed by atoms with Gasteiger partial charge in [-0.3, -0.25) is 9.59 Å².